The lowest BCUT2D eigenvalue weighted by Crippen LogP contribution is -1.91. The highest BCUT2D eigenvalue weighted by Crippen LogP contribution is 2.52. The number of fused-ring (bicyclic) bond motifs is 10. The van der Waals surface area contributed by atoms with Crippen molar-refractivity contribution in [3.8, 4) is 33.4 Å². The minimum absolute atomic E-state index is 1.24. The molecule has 0 spiro atoms. The van der Waals surface area contributed by atoms with Gasteiger partial charge in [0, 0.05) is 40.3 Å². The van der Waals surface area contributed by atoms with Crippen molar-refractivity contribution >= 4 is 95.3 Å². The molecule has 11 rings (SSSR count). The number of thiophene rings is 2. The zero-order valence-corrected chi connectivity index (χ0v) is 28.6. The van der Waals surface area contributed by atoms with Crippen LogP contribution in [0.2, 0.25) is 0 Å². The summed E-state index contributed by atoms with van der Waals surface area (Å²) >= 11 is 3.85. The molecule has 0 aliphatic rings. The Morgan fingerprint density at radius 1 is 0.300 bits per heavy atom. The van der Waals surface area contributed by atoms with Gasteiger partial charge in [-0.15, -0.1) is 22.7 Å². The third kappa shape index (κ3) is 4.10. The maximum atomic E-state index is 2.50. The molecule has 0 aliphatic carbocycles. The Hall–Kier alpha value is -5.80. The summed E-state index contributed by atoms with van der Waals surface area (Å²) < 4.78 is 5.42. The monoisotopic (exact) mass is 668 g/mol. The van der Waals surface area contributed by atoms with Crippen molar-refractivity contribution in [1.82, 2.24) is 0 Å². The lowest BCUT2D eigenvalue weighted by atomic mass is 9.84. The third-order valence-corrected chi connectivity index (χ3v) is 12.7. The number of hydrogen-bond acceptors (Lipinski definition) is 2. The van der Waals surface area contributed by atoms with Crippen molar-refractivity contribution in [3.63, 3.8) is 0 Å². The quantitative estimate of drug-likeness (QED) is 0.164. The fraction of sp³-hybridized carbons (Fsp3) is 0. The Morgan fingerprint density at radius 2 is 0.800 bits per heavy atom. The molecule has 0 saturated carbocycles. The smallest absolute Gasteiger partial charge is 0.0454 e. The zero-order chi connectivity index (χ0) is 32.8. The highest BCUT2D eigenvalue weighted by atomic mass is 32.1. The van der Waals surface area contributed by atoms with E-state index in [4.69, 9.17) is 0 Å². The van der Waals surface area contributed by atoms with Gasteiger partial charge in [0.1, 0.15) is 0 Å². The Labute approximate surface area is 297 Å². The van der Waals surface area contributed by atoms with E-state index in [0.29, 0.717) is 0 Å². The van der Waals surface area contributed by atoms with Gasteiger partial charge in [-0.1, -0.05) is 140 Å². The molecule has 0 unspecified atom stereocenters. The lowest BCUT2D eigenvalue weighted by Gasteiger charge is -2.19. The summed E-state index contributed by atoms with van der Waals surface area (Å²) in [5, 5.41) is 13.1. The van der Waals surface area contributed by atoms with Gasteiger partial charge in [-0.25, -0.2) is 0 Å². The van der Waals surface area contributed by atoms with Crippen LogP contribution in [0.4, 0.5) is 0 Å². The van der Waals surface area contributed by atoms with Crippen molar-refractivity contribution in [2.75, 3.05) is 0 Å². The Bertz CT molecular complexity index is 3080. The second-order valence-electron chi connectivity index (χ2n) is 13.2. The molecule has 0 amide bonds. The third-order valence-electron chi connectivity index (χ3n) is 10.4. The molecule has 9 aromatic carbocycles. The van der Waals surface area contributed by atoms with Crippen LogP contribution in [-0.4, -0.2) is 0 Å². The average Bonchev–Trinajstić information content (AvgIpc) is 3.75. The second-order valence-corrected chi connectivity index (χ2v) is 15.3. The summed E-state index contributed by atoms with van der Waals surface area (Å²) in [6.07, 6.45) is 0. The summed E-state index contributed by atoms with van der Waals surface area (Å²) in [6.45, 7) is 0. The van der Waals surface area contributed by atoms with Gasteiger partial charge < -0.3 is 0 Å². The fourth-order valence-electron chi connectivity index (χ4n) is 8.23. The van der Waals surface area contributed by atoms with Crippen LogP contribution in [0.15, 0.2) is 170 Å². The Balaban J connectivity index is 1.23. The van der Waals surface area contributed by atoms with Crippen LogP contribution in [0.3, 0.4) is 0 Å². The van der Waals surface area contributed by atoms with Crippen LogP contribution in [0.5, 0.6) is 0 Å². The van der Waals surface area contributed by atoms with Crippen LogP contribution in [-0.2, 0) is 0 Å². The van der Waals surface area contributed by atoms with Gasteiger partial charge >= 0.3 is 0 Å². The van der Waals surface area contributed by atoms with Crippen LogP contribution < -0.4 is 0 Å². The van der Waals surface area contributed by atoms with E-state index < -0.39 is 0 Å². The standard InChI is InChI=1S/C48H28S2/c1-2-12-29(13-3-1)30-22-23-32-27-33(25-24-31(32)26-30)44-34-14-4-6-16-36(34)45(37-17-7-5-15-35(37)44)40-28-43-47(39-19-9-10-20-41(39)49-43)48-46(40)38-18-8-11-21-42(38)50-48/h1-28H. The average molecular weight is 669 g/mol. The van der Waals surface area contributed by atoms with Gasteiger partial charge in [0.15, 0.2) is 0 Å². The predicted molar refractivity (Wildman–Crippen MR) is 221 cm³/mol. The molecule has 0 N–H and O–H groups in total. The molecule has 0 bridgehead atoms. The van der Waals surface area contributed by atoms with Gasteiger partial charge in [-0.2, -0.15) is 0 Å². The first-order valence-electron chi connectivity index (χ1n) is 17.1. The van der Waals surface area contributed by atoms with Gasteiger partial charge in [0.05, 0.1) is 0 Å². The van der Waals surface area contributed by atoms with Crippen molar-refractivity contribution in [2.24, 2.45) is 0 Å². The van der Waals surface area contributed by atoms with Crippen molar-refractivity contribution in [2.45, 2.75) is 0 Å². The minimum atomic E-state index is 1.24. The summed E-state index contributed by atoms with van der Waals surface area (Å²) in [7, 11) is 0. The minimum Gasteiger partial charge on any atom is -0.135 e. The first-order valence-corrected chi connectivity index (χ1v) is 18.7. The molecule has 50 heavy (non-hydrogen) atoms. The van der Waals surface area contributed by atoms with Gasteiger partial charge in [-0.05, 0) is 96.0 Å². The van der Waals surface area contributed by atoms with Crippen LogP contribution in [0, 0.1) is 0 Å². The Morgan fingerprint density at radius 3 is 1.46 bits per heavy atom. The van der Waals surface area contributed by atoms with E-state index in [1.807, 2.05) is 22.7 Å². The predicted octanol–water partition coefficient (Wildman–Crippen LogP) is 14.9. The van der Waals surface area contributed by atoms with Crippen molar-refractivity contribution in [1.29, 1.82) is 0 Å². The van der Waals surface area contributed by atoms with Gasteiger partial charge in [-0.3, -0.25) is 0 Å². The first-order chi connectivity index (χ1) is 24.8. The van der Waals surface area contributed by atoms with E-state index >= 15 is 0 Å². The normalized spacial score (nSPS) is 12.0. The van der Waals surface area contributed by atoms with E-state index in [9.17, 15) is 0 Å². The van der Waals surface area contributed by atoms with Crippen LogP contribution >= 0.6 is 22.7 Å². The molecule has 0 radical (unpaired) electrons. The van der Waals surface area contributed by atoms with Gasteiger partial charge in [0.2, 0.25) is 0 Å². The molecule has 0 atom stereocenters. The molecule has 11 aromatic rings. The van der Waals surface area contributed by atoms with Crippen molar-refractivity contribution in [3.05, 3.63) is 170 Å². The molecule has 0 nitrogen and oxygen atoms in total. The molecule has 2 heterocycles. The van der Waals surface area contributed by atoms with E-state index in [0.717, 1.165) is 0 Å². The zero-order valence-electron chi connectivity index (χ0n) is 27.0. The summed E-state index contributed by atoms with van der Waals surface area (Å²) in [5.41, 5.74) is 7.67. The topological polar surface area (TPSA) is 0 Å². The number of hydrogen-bond donors (Lipinski definition) is 0. The van der Waals surface area contributed by atoms with E-state index in [2.05, 4.69) is 170 Å². The summed E-state index contributed by atoms with van der Waals surface area (Å²) in [5.74, 6) is 0. The lowest BCUT2D eigenvalue weighted by molar-refractivity contribution is 1.64. The maximum absolute atomic E-state index is 2.50. The second kappa shape index (κ2) is 10.9. The maximum Gasteiger partial charge on any atom is 0.0454 e. The molecule has 0 aliphatic heterocycles. The number of rotatable bonds is 3. The molecule has 0 fully saturated rings. The molecular weight excluding hydrogens is 641 g/mol. The van der Waals surface area contributed by atoms with Crippen LogP contribution in [0.1, 0.15) is 0 Å². The van der Waals surface area contributed by atoms with Crippen molar-refractivity contribution < 1.29 is 0 Å². The number of benzene rings is 9. The summed E-state index contributed by atoms with van der Waals surface area (Å²) in [4.78, 5) is 0. The highest BCUT2D eigenvalue weighted by molar-refractivity contribution is 7.30. The molecule has 0 saturated heterocycles. The van der Waals surface area contributed by atoms with E-state index in [1.165, 1.54) is 106 Å². The fourth-order valence-corrected chi connectivity index (χ4v) is 10.7. The van der Waals surface area contributed by atoms with E-state index in [1.54, 1.807) is 0 Å². The first kappa shape index (κ1) is 28.1. The van der Waals surface area contributed by atoms with E-state index in [-0.39, 0.29) is 0 Å². The largest absolute Gasteiger partial charge is 0.135 e. The molecular formula is C48H28S2. The highest BCUT2D eigenvalue weighted by Gasteiger charge is 2.22. The molecule has 2 heteroatoms. The SMILES string of the molecule is c1ccc(-c2ccc3cc(-c4c5ccccc5c(-c5cc6sc7ccccc7c6c6sc7ccccc7c56)c5ccccc45)ccc3c2)cc1. The van der Waals surface area contributed by atoms with Gasteiger partial charge in [0.25, 0.3) is 0 Å². The molecule has 232 valence electrons. The molecule has 2 aromatic heterocycles. The Kier molecular flexibility index (Phi) is 6.09. The summed E-state index contributed by atoms with van der Waals surface area (Å²) in [6, 6.07) is 63.0. The van der Waals surface area contributed by atoms with Crippen LogP contribution in [0.25, 0.3) is 106 Å².